The van der Waals surface area contributed by atoms with E-state index in [4.69, 9.17) is 9.47 Å². The highest BCUT2D eigenvalue weighted by Crippen LogP contribution is 2.27. The minimum Gasteiger partial charge on any atom is -0.493 e. The number of amides is 2. The topological polar surface area (TPSA) is 107 Å². The van der Waals surface area contributed by atoms with Gasteiger partial charge in [-0.3, -0.25) is 9.59 Å². The molecule has 0 radical (unpaired) electrons. The highest BCUT2D eigenvalue weighted by molar-refractivity contribution is 5.97. The number of hydrogen-bond donors (Lipinski definition) is 2. The summed E-state index contributed by atoms with van der Waals surface area (Å²) in [5, 5.41) is 11.2. The van der Waals surface area contributed by atoms with Crippen LogP contribution >= 0.6 is 0 Å². The minimum atomic E-state index is -0.524. The average molecular weight is 502 g/mol. The van der Waals surface area contributed by atoms with Crippen LogP contribution in [0.5, 0.6) is 11.5 Å². The summed E-state index contributed by atoms with van der Waals surface area (Å²) in [6.45, 7) is -0.293. The Balaban J connectivity index is 1.43. The van der Waals surface area contributed by atoms with Gasteiger partial charge in [0.1, 0.15) is 11.5 Å². The minimum absolute atomic E-state index is 0.293. The zero-order valence-corrected chi connectivity index (χ0v) is 20.1. The molecule has 0 spiro atoms. The monoisotopic (exact) mass is 501 g/mol. The summed E-state index contributed by atoms with van der Waals surface area (Å²) in [5.41, 5.74) is 5.37. The average Bonchev–Trinajstić information content (AvgIpc) is 3.36. The lowest BCUT2D eigenvalue weighted by Crippen LogP contribution is -2.34. The number of halogens is 1. The first-order valence-electron chi connectivity index (χ1n) is 11.2. The number of hydrogen-bond acceptors (Lipinski definition) is 6. The van der Waals surface area contributed by atoms with Crippen molar-refractivity contribution in [1.29, 1.82) is 0 Å². The van der Waals surface area contributed by atoms with Gasteiger partial charge >= 0.3 is 0 Å². The maximum atomic E-state index is 13.4. The second kappa shape index (κ2) is 11.6. The largest absolute Gasteiger partial charge is 0.493 e. The first kappa shape index (κ1) is 25.1. The zero-order chi connectivity index (χ0) is 26.2. The number of hydrazone groups is 1. The Hall–Kier alpha value is -4.99. The number of rotatable bonds is 9. The molecule has 0 fully saturated rings. The number of nitrogens with zero attached hydrogens (tertiary/aromatic N) is 3. The van der Waals surface area contributed by atoms with Crippen molar-refractivity contribution in [2.75, 3.05) is 20.8 Å². The lowest BCUT2D eigenvalue weighted by atomic mass is 10.1. The third kappa shape index (κ3) is 6.17. The number of benzene rings is 3. The van der Waals surface area contributed by atoms with Crippen molar-refractivity contribution in [3.63, 3.8) is 0 Å². The molecule has 3 aromatic carbocycles. The lowest BCUT2D eigenvalue weighted by molar-refractivity contribution is -0.120. The molecule has 1 heterocycles. The predicted molar refractivity (Wildman–Crippen MR) is 137 cm³/mol. The third-order valence-electron chi connectivity index (χ3n) is 5.33. The summed E-state index contributed by atoms with van der Waals surface area (Å²) >= 11 is 0. The van der Waals surface area contributed by atoms with Gasteiger partial charge in [-0.25, -0.2) is 14.5 Å². The predicted octanol–water partition coefficient (Wildman–Crippen LogP) is 3.58. The molecule has 0 aliphatic carbocycles. The lowest BCUT2D eigenvalue weighted by Gasteiger charge is -2.09. The molecule has 188 valence electrons. The van der Waals surface area contributed by atoms with E-state index in [1.807, 2.05) is 30.3 Å². The SMILES string of the molecule is COc1ccc(C(=O)NCC(=O)N/N=C/c2cn(-c3ccccc3)nc2-c2ccc(F)cc2)cc1OC. The first-order chi connectivity index (χ1) is 18.0. The summed E-state index contributed by atoms with van der Waals surface area (Å²) in [5.74, 6) is -0.450. The van der Waals surface area contributed by atoms with Crippen molar-refractivity contribution in [2.45, 2.75) is 0 Å². The van der Waals surface area contributed by atoms with E-state index in [0.29, 0.717) is 33.9 Å². The molecule has 2 amide bonds. The van der Waals surface area contributed by atoms with Gasteiger partial charge in [-0.1, -0.05) is 18.2 Å². The van der Waals surface area contributed by atoms with Crippen LogP contribution in [0.2, 0.25) is 0 Å². The second-order valence-corrected chi connectivity index (χ2v) is 7.77. The smallest absolute Gasteiger partial charge is 0.259 e. The molecular weight excluding hydrogens is 477 g/mol. The van der Waals surface area contributed by atoms with Crippen LogP contribution in [0.25, 0.3) is 16.9 Å². The number of nitrogens with one attached hydrogen (secondary N) is 2. The van der Waals surface area contributed by atoms with E-state index in [9.17, 15) is 14.0 Å². The van der Waals surface area contributed by atoms with Crippen molar-refractivity contribution in [3.8, 4) is 28.4 Å². The number of ether oxygens (including phenoxy) is 2. The summed E-state index contributed by atoms with van der Waals surface area (Å²) in [4.78, 5) is 24.7. The van der Waals surface area contributed by atoms with Crippen LogP contribution in [0.4, 0.5) is 4.39 Å². The first-order valence-corrected chi connectivity index (χ1v) is 11.2. The van der Waals surface area contributed by atoms with Crippen molar-refractivity contribution in [2.24, 2.45) is 5.10 Å². The molecule has 2 N–H and O–H groups in total. The van der Waals surface area contributed by atoms with Gasteiger partial charge < -0.3 is 14.8 Å². The van der Waals surface area contributed by atoms with Gasteiger partial charge in [-0.15, -0.1) is 0 Å². The Labute approximate surface area is 212 Å². The summed E-state index contributed by atoms with van der Waals surface area (Å²) < 4.78 is 25.5. The van der Waals surface area contributed by atoms with E-state index in [-0.39, 0.29) is 12.4 Å². The maximum absolute atomic E-state index is 13.4. The molecule has 10 heteroatoms. The van der Waals surface area contributed by atoms with Crippen LogP contribution in [0.1, 0.15) is 15.9 Å². The third-order valence-corrected chi connectivity index (χ3v) is 5.33. The van der Waals surface area contributed by atoms with Gasteiger partial charge in [0.25, 0.3) is 11.8 Å². The molecule has 0 saturated carbocycles. The van der Waals surface area contributed by atoms with E-state index in [1.54, 1.807) is 35.1 Å². The number of aromatic nitrogens is 2. The van der Waals surface area contributed by atoms with Gasteiger partial charge in [0.15, 0.2) is 11.5 Å². The van der Waals surface area contributed by atoms with E-state index in [1.165, 1.54) is 38.6 Å². The Morgan fingerprint density at radius 2 is 1.73 bits per heavy atom. The molecule has 0 saturated heterocycles. The van der Waals surface area contributed by atoms with Crippen molar-refractivity contribution < 1.29 is 23.5 Å². The Morgan fingerprint density at radius 1 is 1.00 bits per heavy atom. The number of methoxy groups -OCH3 is 2. The molecule has 0 atom stereocenters. The number of para-hydroxylation sites is 1. The summed E-state index contributed by atoms with van der Waals surface area (Å²) in [6.07, 6.45) is 3.20. The van der Waals surface area contributed by atoms with Gasteiger partial charge in [0, 0.05) is 22.9 Å². The number of carbonyl (C=O) groups is 2. The Morgan fingerprint density at radius 3 is 2.43 bits per heavy atom. The summed E-state index contributed by atoms with van der Waals surface area (Å²) in [6, 6.07) is 20.1. The standard InChI is InChI=1S/C27H24FN5O4/c1-36-23-13-10-19(14-24(23)37-2)27(35)29-16-25(34)31-30-15-20-17-33(22-6-4-3-5-7-22)32-26(20)18-8-11-21(28)12-9-18/h3-15,17H,16H2,1-2H3,(H,29,35)(H,31,34)/b30-15+. The van der Waals surface area contributed by atoms with Crippen LogP contribution in [-0.2, 0) is 4.79 Å². The van der Waals surface area contributed by atoms with Crippen molar-refractivity contribution in [3.05, 3.63) is 95.9 Å². The zero-order valence-electron chi connectivity index (χ0n) is 20.1. The van der Waals surface area contributed by atoms with Gasteiger partial charge in [0.2, 0.25) is 0 Å². The maximum Gasteiger partial charge on any atom is 0.259 e. The van der Waals surface area contributed by atoms with Crippen LogP contribution in [-0.4, -0.2) is 48.6 Å². The molecule has 0 unspecified atom stereocenters. The van der Waals surface area contributed by atoms with E-state index < -0.39 is 11.8 Å². The van der Waals surface area contributed by atoms with Crippen LogP contribution in [0.3, 0.4) is 0 Å². The molecule has 0 aliphatic rings. The fourth-order valence-electron chi connectivity index (χ4n) is 3.48. The van der Waals surface area contributed by atoms with E-state index in [0.717, 1.165) is 5.69 Å². The fourth-order valence-corrected chi connectivity index (χ4v) is 3.48. The quantitative estimate of drug-likeness (QED) is 0.269. The van der Waals surface area contributed by atoms with Crippen LogP contribution in [0.15, 0.2) is 84.1 Å². The van der Waals surface area contributed by atoms with Gasteiger partial charge in [-0.05, 0) is 54.6 Å². The van der Waals surface area contributed by atoms with Crippen LogP contribution in [0, 0.1) is 5.82 Å². The van der Waals surface area contributed by atoms with Crippen molar-refractivity contribution in [1.82, 2.24) is 20.5 Å². The molecule has 37 heavy (non-hydrogen) atoms. The molecule has 4 rings (SSSR count). The van der Waals surface area contributed by atoms with Crippen molar-refractivity contribution >= 4 is 18.0 Å². The van der Waals surface area contributed by atoms with Gasteiger partial charge in [-0.2, -0.15) is 10.2 Å². The Bertz CT molecular complexity index is 1420. The van der Waals surface area contributed by atoms with Crippen LogP contribution < -0.4 is 20.2 Å². The normalized spacial score (nSPS) is 10.8. The molecule has 4 aromatic rings. The van der Waals surface area contributed by atoms with E-state index >= 15 is 0 Å². The molecule has 0 aliphatic heterocycles. The highest BCUT2D eigenvalue weighted by Gasteiger charge is 2.13. The highest BCUT2D eigenvalue weighted by atomic mass is 19.1. The second-order valence-electron chi connectivity index (χ2n) is 7.77. The molecule has 0 bridgehead atoms. The van der Waals surface area contributed by atoms with E-state index in [2.05, 4.69) is 20.9 Å². The molecule has 9 nitrogen and oxygen atoms in total. The fraction of sp³-hybridized carbons (Fsp3) is 0.111. The Kier molecular flexibility index (Phi) is 7.89. The molecular formula is C27H24FN5O4. The number of carbonyl (C=O) groups excluding carboxylic acids is 2. The molecule has 1 aromatic heterocycles. The van der Waals surface area contributed by atoms with Gasteiger partial charge in [0.05, 0.1) is 32.7 Å². The summed E-state index contributed by atoms with van der Waals surface area (Å²) in [7, 11) is 2.97.